The number of benzene rings is 2. The fraction of sp³-hybridized carbons (Fsp3) is 0.0556. The molecule has 0 bridgehead atoms. The molecule has 0 aliphatic carbocycles. The maximum Gasteiger partial charge on any atom is 0.270 e. The van der Waals surface area contributed by atoms with Crippen molar-refractivity contribution in [1.82, 2.24) is 14.5 Å². The van der Waals surface area contributed by atoms with Crippen LogP contribution in [0.15, 0.2) is 59.4 Å². The molecule has 0 fully saturated rings. The third kappa shape index (κ3) is 3.04. The first-order valence-electron chi connectivity index (χ1n) is 7.55. The summed E-state index contributed by atoms with van der Waals surface area (Å²) in [4.78, 5) is 19.8. The van der Waals surface area contributed by atoms with Gasteiger partial charge in [-0.15, -0.1) is 0 Å². The number of nitrogens with zero attached hydrogens (tertiary/aromatic N) is 2. The largest absolute Gasteiger partial charge is 0.305 e. The molecule has 124 valence electrons. The van der Waals surface area contributed by atoms with Crippen molar-refractivity contribution in [2.24, 2.45) is 0 Å². The summed E-state index contributed by atoms with van der Waals surface area (Å²) >= 11 is 6.67. The van der Waals surface area contributed by atoms with E-state index in [0.29, 0.717) is 32.2 Å². The maximum absolute atomic E-state index is 13.1. The number of rotatable bonds is 3. The summed E-state index contributed by atoms with van der Waals surface area (Å²) in [5, 5.41) is 0. The molecule has 2 aromatic heterocycles. The van der Waals surface area contributed by atoms with Crippen LogP contribution in [0, 0.1) is 9.77 Å². The van der Waals surface area contributed by atoms with E-state index in [9.17, 15) is 9.18 Å². The van der Waals surface area contributed by atoms with E-state index in [2.05, 4.69) is 9.97 Å². The van der Waals surface area contributed by atoms with Crippen molar-refractivity contribution in [1.29, 1.82) is 0 Å². The highest BCUT2D eigenvalue weighted by atomic mass is 32.1. The van der Waals surface area contributed by atoms with Crippen LogP contribution in [0.25, 0.3) is 21.7 Å². The highest BCUT2D eigenvalue weighted by molar-refractivity contribution is 7.73. The summed E-state index contributed by atoms with van der Waals surface area (Å²) in [5.74, 6) is 0.0572. The zero-order chi connectivity index (χ0) is 17.4. The maximum atomic E-state index is 13.1. The third-order valence-electron chi connectivity index (χ3n) is 3.83. The topological polar surface area (TPSA) is 50.7 Å². The number of aromatic amines is 1. The van der Waals surface area contributed by atoms with Crippen LogP contribution < -0.4 is 5.56 Å². The Kier molecular flexibility index (Phi) is 4.03. The number of fused-ring (bicyclic) bond motifs is 1. The summed E-state index contributed by atoms with van der Waals surface area (Å²) in [7, 11) is 0. The fourth-order valence-electron chi connectivity index (χ4n) is 2.60. The molecular weight excluding hydrogens is 357 g/mol. The first-order valence-corrected chi connectivity index (χ1v) is 8.78. The normalized spacial score (nSPS) is 11.1. The second-order valence-electron chi connectivity index (χ2n) is 5.51. The molecule has 2 aromatic carbocycles. The summed E-state index contributed by atoms with van der Waals surface area (Å²) < 4.78 is 16.1. The van der Waals surface area contributed by atoms with Gasteiger partial charge >= 0.3 is 0 Å². The van der Waals surface area contributed by atoms with Crippen molar-refractivity contribution in [3.8, 4) is 11.4 Å². The second-order valence-corrected chi connectivity index (χ2v) is 7.16. The summed E-state index contributed by atoms with van der Waals surface area (Å²) in [6.07, 6.45) is 0. The standard InChI is InChI=1S/C18H12FN3OS2/c19-13-8-6-12(7-9-13)15-20-16-14(17(23)21-15)25-18(24)22(16)10-11-4-2-1-3-5-11/h1-9H,10H2,(H,20,21,23). The van der Waals surface area contributed by atoms with Crippen LogP contribution in [0.3, 0.4) is 0 Å². The van der Waals surface area contributed by atoms with E-state index in [4.69, 9.17) is 12.2 Å². The molecule has 0 aliphatic rings. The molecule has 0 unspecified atom stereocenters. The Labute approximate surface area is 151 Å². The minimum Gasteiger partial charge on any atom is -0.305 e. The molecule has 4 nitrogen and oxygen atoms in total. The average molecular weight is 369 g/mol. The van der Waals surface area contributed by atoms with Gasteiger partial charge in [-0.05, 0) is 42.0 Å². The molecule has 2 heterocycles. The Morgan fingerprint density at radius 1 is 1.12 bits per heavy atom. The van der Waals surface area contributed by atoms with Gasteiger partial charge in [0.15, 0.2) is 9.60 Å². The van der Waals surface area contributed by atoms with E-state index in [1.54, 1.807) is 12.1 Å². The van der Waals surface area contributed by atoms with Crippen LogP contribution in [0.4, 0.5) is 4.39 Å². The lowest BCUT2D eigenvalue weighted by molar-refractivity contribution is 0.628. The van der Waals surface area contributed by atoms with E-state index >= 15 is 0 Å². The SMILES string of the molecule is O=c1[nH]c(-c2ccc(F)cc2)nc2c1sc(=S)n2Cc1ccccc1. The quantitative estimate of drug-likeness (QED) is 0.546. The van der Waals surface area contributed by atoms with Crippen LogP contribution in [0.1, 0.15) is 5.56 Å². The van der Waals surface area contributed by atoms with Gasteiger partial charge in [0.25, 0.3) is 5.56 Å². The van der Waals surface area contributed by atoms with Crippen molar-refractivity contribution in [3.05, 3.63) is 80.3 Å². The smallest absolute Gasteiger partial charge is 0.270 e. The van der Waals surface area contributed by atoms with Gasteiger partial charge in [-0.2, -0.15) is 0 Å². The Balaban J connectivity index is 1.89. The summed E-state index contributed by atoms with van der Waals surface area (Å²) in [6.45, 7) is 0.541. The molecule has 0 saturated heterocycles. The number of hydrogen-bond acceptors (Lipinski definition) is 4. The van der Waals surface area contributed by atoms with Crippen LogP contribution in [0.5, 0.6) is 0 Å². The van der Waals surface area contributed by atoms with E-state index in [1.807, 2.05) is 34.9 Å². The predicted molar refractivity (Wildman–Crippen MR) is 100 cm³/mol. The second kappa shape index (κ2) is 6.34. The zero-order valence-electron chi connectivity index (χ0n) is 12.9. The van der Waals surface area contributed by atoms with E-state index in [1.165, 1.54) is 23.5 Å². The average Bonchev–Trinajstić information content (AvgIpc) is 2.93. The van der Waals surface area contributed by atoms with E-state index in [-0.39, 0.29) is 11.4 Å². The van der Waals surface area contributed by atoms with Gasteiger partial charge < -0.3 is 9.55 Å². The molecule has 0 saturated carbocycles. The molecule has 4 aromatic rings. The Bertz CT molecular complexity index is 1160. The predicted octanol–water partition coefficient (Wildman–Crippen LogP) is 4.37. The zero-order valence-corrected chi connectivity index (χ0v) is 14.5. The summed E-state index contributed by atoms with van der Waals surface area (Å²) in [5.41, 5.74) is 2.02. The summed E-state index contributed by atoms with van der Waals surface area (Å²) in [6, 6.07) is 15.7. The first-order chi connectivity index (χ1) is 12.1. The minimum absolute atomic E-state index is 0.243. The van der Waals surface area contributed by atoms with Gasteiger partial charge in [0.1, 0.15) is 16.3 Å². The highest BCUT2D eigenvalue weighted by Gasteiger charge is 2.13. The van der Waals surface area contributed by atoms with Crippen LogP contribution >= 0.6 is 23.6 Å². The number of H-pyrrole nitrogens is 1. The van der Waals surface area contributed by atoms with Gasteiger partial charge in [-0.3, -0.25) is 4.79 Å². The fourth-order valence-corrected chi connectivity index (χ4v) is 3.83. The minimum atomic E-state index is -0.338. The number of aromatic nitrogens is 3. The number of halogens is 1. The molecule has 0 spiro atoms. The third-order valence-corrected chi connectivity index (χ3v) is 5.26. The Hall–Kier alpha value is -2.64. The highest BCUT2D eigenvalue weighted by Crippen LogP contribution is 2.22. The lowest BCUT2D eigenvalue weighted by Crippen LogP contribution is -2.10. The molecule has 0 atom stereocenters. The molecular formula is C18H12FN3OS2. The number of nitrogens with one attached hydrogen (secondary N) is 1. The lowest BCUT2D eigenvalue weighted by atomic mass is 10.2. The number of hydrogen-bond donors (Lipinski definition) is 1. The van der Waals surface area contributed by atoms with Crippen molar-refractivity contribution in [2.45, 2.75) is 6.54 Å². The van der Waals surface area contributed by atoms with Crippen molar-refractivity contribution < 1.29 is 4.39 Å². The lowest BCUT2D eigenvalue weighted by Gasteiger charge is -2.06. The van der Waals surface area contributed by atoms with E-state index < -0.39 is 0 Å². The van der Waals surface area contributed by atoms with Crippen LogP contribution in [-0.4, -0.2) is 14.5 Å². The van der Waals surface area contributed by atoms with E-state index in [0.717, 1.165) is 5.56 Å². The molecule has 1 N–H and O–H groups in total. The van der Waals surface area contributed by atoms with Gasteiger partial charge in [-0.1, -0.05) is 41.7 Å². The molecule has 0 amide bonds. The Morgan fingerprint density at radius 3 is 2.56 bits per heavy atom. The molecule has 0 aliphatic heterocycles. The van der Waals surface area contributed by atoms with Gasteiger partial charge in [-0.25, -0.2) is 9.37 Å². The first kappa shape index (κ1) is 15.9. The molecule has 7 heteroatoms. The molecule has 25 heavy (non-hydrogen) atoms. The van der Waals surface area contributed by atoms with Crippen molar-refractivity contribution in [2.75, 3.05) is 0 Å². The van der Waals surface area contributed by atoms with Gasteiger partial charge in [0.2, 0.25) is 0 Å². The van der Waals surface area contributed by atoms with Crippen molar-refractivity contribution >= 4 is 33.9 Å². The van der Waals surface area contributed by atoms with Gasteiger partial charge in [0.05, 0.1) is 6.54 Å². The molecule has 4 rings (SSSR count). The van der Waals surface area contributed by atoms with Gasteiger partial charge in [0, 0.05) is 5.56 Å². The number of thiazole rings is 1. The Morgan fingerprint density at radius 2 is 1.84 bits per heavy atom. The monoisotopic (exact) mass is 369 g/mol. The molecule has 0 radical (unpaired) electrons. The van der Waals surface area contributed by atoms with Crippen LogP contribution in [-0.2, 0) is 6.54 Å². The van der Waals surface area contributed by atoms with Crippen molar-refractivity contribution in [3.63, 3.8) is 0 Å². The van der Waals surface area contributed by atoms with Crippen LogP contribution in [0.2, 0.25) is 0 Å².